The van der Waals surface area contributed by atoms with Gasteiger partial charge in [0.05, 0.1) is 19.5 Å². The molecule has 0 aromatic carbocycles. The van der Waals surface area contributed by atoms with E-state index in [1.165, 1.54) is 12.4 Å². The maximum Gasteiger partial charge on any atom is 0.250 e. The van der Waals surface area contributed by atoms with E-state index in [0.29, 0.717) is 39.1 Å². The van der Waals surface area contributed by atoms with Gasteiger partial charge in [0.2, 0.25) is 5.91 Å². The van der Waals surface area contributed by atoms with Crippen LogP contribution in [-0.4, -0.2) is 56.9 Å². The molecule has 1 N–H and O–H groups in total. The zero-order valence-electron chi connectivity index (χ0n) is 14.1. The fraction of sp³-hybridized carbons (Fsp3) is 0.529. The molecule has 8 heteroatoms. The second-order valence-electron chi connectivity index (χ2n) is 6.26. The van der Waals surface area contributed by atoms with Gasteiger partial charge in [0, 0.05) is 56.1 Å². The summed E-state index contributed by atoms with van der Waals surface area (Å²) in [5, 5.41) is 4.14. The first kappa shape index (κ1) is 17.3. The molecular formula is C17H23N5O3. The highest BCUT2D eigenvalue weighted by atomic mass is 16.5. The molecule has 1 fully saturated rings. The van der Waals surface area contributed by atoms with Crippen molar-refractivity contribution in [3.63, 3.8) is 0 Å². The summed E-state index contributed by atoms with van der Waals surface area (Å²) in [7, 11) is 0. The van der Waals surface area contributed by atoms with Gasteiger partial charge in [0.1, 0.15) is 0 Å². The smallest absolute Gasteiger partial charge is 0.250 e. The molecule has 134 valence electrons. The minimum atomic E-state index is -0.161. The Balaban J connectivity index is 1.51. The van der Waals surface area contributed by atoms with E-state index in [4.69, 9.17) is 4.74 Å². The predicted octanol–water partition coefficient (Wildman–Crippen LogP) is 0.464. The van der Waals surface area contributed by atoms with E-state index in [2.05, 4.69) is 15.1 Å². The number of nitrogens with zero attached hydrogens (tertiary/aromatic N) is 4. The van der Waals surface area contributed by atoms with Gasteiger partial charge in [-0.3, -0.25) is 14.3 Å². The molecule has 3 rings (SSSR count). The summed E-state index contributed by atoms with van der Waals surface area (Å²) >= 11 is 0. The first-order valence-electron chi connectivity index (χ1n) is 8.57. The normalized spacial score (nSPS) is 18.1. The number of ether oxygens (including phenoxy) is 1. The molecule has 1 aliphatic rings. The fourth-order valence-electron chi connectivity index (χ4n) is 3.03. The van der Waals surface area contributed by atoms with Crippen molar-refractivity contribution in [2.24, 2.45) is 5.92 Å². The quantitative estimate of drug-likeness (QED) is 0.821. The van der Waals surface area contributed by atoms with Gasteiger partial charge in [0.25, 0.3) is 5.56 Å². The number of carbonyl (C=O) groups excluding carboxylic acids is 1. The Kier molecular flexibility index (Phi) is 5.95. The summed E-state index contributed by atoms with van der Waals surface area (Å²) in [4.78, 5) is 32.5. The van der Waals surface area contributed by atoms with E-state index in [0.717, 1.165) is 18.7 Å². The molecule has 0 saturated carbocycles. The number of aryl methyl sites for hydroxylation is 1. The summed E-state index contributed by atoms with van der Waals surface area (Å²) in [6, 6.07) is 3.38. The summed E-state index contributed by atoms with van der Waals surface area (Å²) in [6.45, 7) is 3.11. The van der Waals surface area contributed by atoms with Gasteiger partial charge >= 0.3 is 0 Å². The van der Waals surface area contributed by atoms with Crippen LogP contribution in [0.25, 0.3) is 0 Å². The Bertz CT molecular complexity index is 728. The molecule has 1 saturated heterocycles. The van der Waals surface area contributed by atoms with E-state index in [1.54, 1.807) is 6.20 Å². The van der Waals surface area contributed by atoms with E-state index >= 15 is 0 Å². The van der Waals surface area contributed by atoms with Gasteiger partial charge in [0.15, 0.2) is 0 Å². The topological polar surface area (TPSA) is 93.1 Å². The standard InChI is InChI=1S/C17H23N5O3/c23-16-10-15(18-13-19-16)9-14-11-21(7-8-25-12-14)17(24)3-1-5-22-6-2-4-20-22/h2,4,6,10,13-14H,1,3,5,7-9,11-12H2,(H,18,19,23)/t14-/m1/s1. The number of H-pyrrole nitrogens is 1. The van der Waals surface area contributed by atoms with Crippen molar-refractivity contribution in [3.8, 4) is 0 Å². The van der Waals surface area contributed by atoms with Gasteiger partial charge in [-0.05, 0) is 18.9 Å². The van der Waals surface area contributed by atoms with E-state index in [1.807, 2.05) is 21.8 Å². The van der Waals surface area contributed by atoms with Crippen molar-refractivity contribution in [3.05, 3.63) is 46.9 Å². The third-order valence-electron chi connectivity index (χ3n) is 4.26. The Hall–Kier alpha value is -2.48. The van der Waals surface area contributed by atoms with E-state index in [9.17, 15) is 9.59 Å². The first-order chi connectivity index (χ1) is 12.2. The van der Waals surface area contributed by atoms with Crippen LogP contribution in [0.5, 0.6) is 0 Å². The number of hydrogen-bond acceptors (Lipinski definition) is 5. The van der Waals surface area contributed by atoms with Crippen LogP contribution in [0.3, 0.4) is 0 Å². The molecule has 0 radical (unpaired) electrons. The zero-order chi connectivity index (χ0) is 17.5. The number of rotatable bonds is 6. The zero-order valence-corrected chi connectivity index (χ0v) is 14.1. The maximum atomic E-state index is 12.5. The molecule has 0 spiro atoms. The lowest BCUT2D eigenvalue weighted by Crippen LogP contribution is -2.36. The van der Waals surface area contributed by atoms with Crippen LogP contribution >= 0.6 is 0 Å². The third kappa shape index (κ3) is 5.25. The number of aromatic nitrogens is 4. The number of carbonyl (C=O) groups is 1. The SMILES string of the molecule is O=C(CCCn1cccn1)N1CCOC[C@H](Cc2cc(=O)[nH]cn2)C1. The fourth-order valence-corrected chi connectivity index (χ4v) is 3.03. The van der Waals surface area contributed by atoms with E-state index in [-0.39, 0.29) is 17.4 Å². The number of hydrogen-bond donors (Lipinski definition) is 1. The minimum Gasteiger partial charge on any atom is -0.379 e. The van der Waals surface area contributed by atoms with Crippen molar-refractivity contribution < 1.29 is 9.53 Å². The molecule has 3 heterocycles. The van der Waals surface area contributed by atoms with Crippen LogP contribution in [0.1, 0.15) is 18.5 Å². The van der Waals surface area contributed by atoms with Crippen molar-refractivity contribution in [1.29, 1.82) is 0 Å². The molecule has 1 atom stereocenters. The van der Waals surface area contributed by atoms with Crippen molar-refractivity contribution in [2.45, 2.75) is 25.8 Å². The molecule has 8 nitrogen and oxygen atoms in total. The van der Waals surface area contributed by atoms with E-state index < -0.39 is 0 Å². The largest absolute Gasteiger partial charge is 0.379 e. The lowest BCUT2D eigenvalue weighted by Gasteiger charge is -2.23. The van der Waals surface area contributed by atoms with Gasteiger partial charge in [-0.1, -0.05) is 0 Å². The summed E-state index contributed by atoms with van der Waals surface area (Å²) in [5.41, 5.74) is 0.566. The Morgan fingerprint density at radius 1 is 1.44 bits per heavy atom. The molecule has 25 heavy (non-hydrogen) atoms. The lowest BCUT2D eigenvalue weighted by atomic mass is 10.0. The average molecular weight is 345 g/mol. The van der Waals surface area contributed by atoms with Crippen molar-refractivity contribution in [1.82, 2.24) is 24.6 Å². The second-order valence-corrected chi connectivity index (χ2v) is 6.26. The Labute approximate surface area is 145 Å². The predicted molar refractivity (Wildman–Crippen MR) is 90.9 cm³/mol. The van der Waals surface area contributed by atoms with Crippen LogP contribution in [0, 0.1) is 5.92 Å². The van der Waals surface area contributed by atoms with Crippen molar-refractivity contribution in [2.75, 3.05) is 26.3 Å². The highest BCUT2D eigenvalue weighted by Crippen LogP contribution is 2.13. The monoisotopic (exact) mass is 345 g/mol. The van der Waals surface area contributed by atoms with Gasteiger partial charge in [-0.25, -0.2) is 4.98 Å². The minimum absolute atomic E-state index is 0.140. The molecular weight excluding hydrogens is 322 g/mol. The van der Waals surface area contributed by atoms with Crippen LogP contribution in [0.4, 0.5) is 0 Å². The van der Waals surface area contributed by atoms with Crippen LogP contribution in [-0.2, 0) is 22.5 Å². The molecule has 0 aliphatic carbocycles. The molecule has 0 bridgehead atoms. The number of nitrogens with one attached hydrogen (secondary N) is 1. The Morgan fingerprint density at radius 2 is 2.36 bits per heavy atom. The van der Waals surface area contributed by atoms with Gasteiger partial charge in [-0.2, -0.15) is 5.10 Å². The van der Waals surface area contributed by atoms with Crippen molar-refractivity contribution >= 4 is 5.91 Å². The van der Waals surface area contributed by atoms with Gasteiger partial charge in [-0.15, -0.1) is 0 Å². The average Bonchev–Trinajstić information content (AvgIpc) is 3.00. The molecule has 1 aliphatic heterocycles. The third-order valence-corrected chi connectivity index (χ3v) is 4.26. The van der Waals surface area contributed by atoms with Crippen LogP contribution in [0.2, 0.25) is 0 Å². The Morgan fingerprint density at radius 3 is 3.16 bits per heavy atom. The van der Waals surface area contributed by atoms with Crippen LogP contribution < -0.4 is 5.56 Å². The highest BCUT2D eigenvalue weighted by molar-refractivity contribution is 5.76. The molecule has 2 aromatic rings. The highest BCUT2D eigenvalue weighted by Gasteiger charge is 2.23. The number of amides is 1. The molecule has 0 unspecified atom stereocenters. The first-order valence-corrected chi connectivity index (χ1v) is 8.57. The molecule has 2 aromatic heterocycles. The molecule has 1 amide bonds. The summed E-state index contributed by atoms with van der Waals surface area (Å²) < 4.78 is 7.47. The van der Waals surface area contributed by atoms with Gasteiger partial charge < -0.3 is 14.6 Å². The van der Waals surface area contributed by atoms with Crippen LogP contribution in [0.15, 0.2) is 35.6 Å². The summed E-state index contributed by atoms with van der Waals surface area (Å²) in [5.74, 6) is 0.286. The maximum absolute atomic E-state index is 12.5. The lowest BCUT2D eigenvalue weighted by molar-refractivity contribution is -0.131. The summed E-state index contributed by atoms with van der Waals surface area (Å²) in [6.07, 6.45) is 6.93. The number of aromatic amines is 1. The second kappa shape index (κ2) is 8.57.